The van der Waals surface area contributed by atoms with Crippen molar-refractivity contribution in [3.05, 3.63) is 18.3 Å². The SMILES string of the molecule is CNc1ccc(NC(=O)CCCC2CCCC2)cn1. The number of rotatable bonds is 6. The Morgan fingerprint density at radius 3 is 2.79 bits per heavy atom. The third-order valence-electron chi connectivity index (χ3n) is 3.79. The van der Waals surface area contributed by atoms with Crippen LogP contribution in [-0.4, -0.2) is 17.9 Å². The molecule has 1 aliphatic rings. The van der Waals surface area contributed by atoms with Crippen LogP contribution in [-0.2, 0) is 4.79 Å². The summed E-state index contributed by atoms with van der Waals surface area (Å²) in [4.78, 5) is 16.0. The van der Waals surface area contributed by atoms with Crippen molar-refractivity contribution in [2.45, 2.75) is 44.9 Å². The summed E-state index contributed by atoms with van der Waals surface area (Å²) >= 11 is 0. The van der Waals surface area contributed by atoms with Crippen molar-refractivity contribution >= 4 is 17.4 Å². The van der Waals surface area contributed by atoms with Gasteiger partial charge in [-0.2, -0.15) is 0 Å². The monoisotopic (exact) mass is 261 g/mol. The first-order valence-electron chi connectivity index (χ1n) is 7.21. The molecular weight excluding hydrogens is 238 g/mol. The molecule has 1 aromatic rings. The number of pyridine rings is 1. The number of carbonyl (C=O) groups is 1. The van der Waals surface area contributed by atoms with E-state index in [9.17, 15) is 4.79 Å². The minimum atomic E-state index is 0.0944. The van der Waals surface area contributed by atoms with Gasteiger partial charge in [0.1, 0.15) is 5.82 Å². The Morgan fingerprint density at radius 2 is 2.16 bits per heavy atom. The molecule has 1 amide bonds. The molecule has 1 fully saturated rings. The molecule has 2 rings (SSSR count). The van der Waals surface area contributed by atoms with Crippen LogP contribution >= 0.6 is 0 Å². The summed E-state index contributed by atoms with van der Waals surface area (Å²) in [6, 6.07) is 3.72. The second kappa shape index (κ2) is 7.12. The molecule has 0 saturated heterocycles. The lowest BCUT2D eigenvalue weighted by Crippen LogP contribution is -2.12. The van der Waals surface area contributed by atoms with Gasteiger partial charge in [0.15, 0.2) is 0 Å². The molecule has 1 aliphatic carbocycles. The highest BCUT2D eigenvalue weighted by Gasteiger charge is 2.14. The van der Waals surface area contributed by atoms with Crippen molar-refractivity contribution in [3.63, 3.8) is 0 Å². The number of carbonyl (C=O) groups excluding carboxylic acids is 1. The Bertz CT molecular complexity index is 396. The molecular formula is C15H23N3O. The van der Waals surface area contributed by atoms with Crippen LogP contribution in [0.3, 0.4) is 0 Å². The average Bonchev–Trinajstić information content (AvgIpc) is 2.93. The standard InChI is InChI=1S/C15H23N3O/c1-16-14-10-9-13(11-17-14)18-15(19)8-4-7-12-5-2-3-6-12/h9-12H,2-8H2,1H3,(H,16,17)(H,18,19). The molecule has 0 unspecified atom stereocenters. The van der Waals surface area contributed by atoms with Gasteiger partial charge >= 0.3 is 0 Å². The zero-order chi connectivity index (χ0) is 13.5. The second-order valence-electron chi connectivity index (χ2n) is 5.27. The molecule has 4 heteroatoms. The van der Waals surface area contributed by atoms with E-state index in [2.05, 4.69) is 15.6 Å². The highest BCUT2D eigenvalue weighted by Crippen LogP contribution is 2.28. The first-order valence-corrected chi connectivity index (χ1v) is 7.21. The molecule has 104 valence electrons. The fourth-order valence-corrected chi connectivity index (χ4v) is 2.69. The van der Waals surface area contributed by atoms with Crippen molar-refractivity contribution < 1.29 is 4.79 Å². The quantitative estimate of drug-likeness (QED) is 0.825. The van der Waals surface area contributed by atoms with Gasteiger partial charge in [0, 0.05) is 13.5 Å². The van der Waals surface area contributed by atoms with Gasteiger partial charge < -0.3 is 10.6 Å². The van der Waals surface area contributed by atoms with Gasteiger partial charge in [0.05, 0.1) is 11.9 Å². The molecule has 0 aliphatic heterocycles. The summed E-state index contributed by atoms with van der Waals surface area (Å²) in [5.41, 5.74) is 0.768. The molecule has 0 aromatic carbocycles. The van der Waals surface area contributed by atoms with Gasteiger partial charge in [0.2, 0.25) is 5.91 Å². The Kier molecular flexibility index (Phi) is 5.19. The summed E-state index contributed by atoms with van der Waals surface area (Å²) < 4.78 is 0. The van der Waals surface area contributed by atoms with Gasteiger partial charge in [-0.25, -0.2) is 4.98 Å². The van der Waals surface area contributed by atoms with Gasteiger partial charge in [-0.15, -0.1) is 0 Å². The highest BCUT2D eigenvalue weighted by molar-refractivity contribution is 5.90. The summed E-state index contributed by atoms with van der Waals surface area (Å²) in [6.45, 7) is 0. The number of aromatic nitrogens is 1. The fraction of sp³-hybridized carbons (Fsp3) is 0.600. The van der Waals surface area contributed by atoms with Crippen LogP contribution in [0.25, 0.3) is 0 Å². The lowest BCUT2D eigenvalue weighted by Gasteiger charge is -2.09. The van der Waals surface area contributed by atoms with E-state index in [1.165, 1.54) is 32.1 Å². The molecule has 1 aromatic heterocycles. The Labute approximate surface area is 115 Å². The van der Waals surface area contributed by atoms with Crippen LogP contribution in [0, 0.1) is 5.92 Å². The normalized spacial score (nSPS) is 15.4. The number of hydrogen-bond acceptors (Lipinski definition) is 3. The molecule has 2 N–H and O–H groups in total. The van der Waals surface area contributed by atoms with Crippen LogP contribution in [0.15, 0.2) is 18.3 Å². The summed E-state index contributed by atoms with van der Waals surface area (Å²) in [5.74, 6) is 1.76. The van der Waals surface area contributed by atoms with E-state index in [4.69, 9.17) is 0 Å². The van der Waals surface area contributed by atoms with Crippen LogP contribution < -0.4 is 10.6 Å². The highest BCUT2D eigenvalue weighted by atomic mass is 16.1. The topological polar surface area (TPSA) is 54.0 Å². The molecule has 0 radical (unpaired) electrons. The third kappa shape index (κ3) is 4.54. The number of hydrogen-bond donors (Lipinski definition) is 2. The van der Waals surface area contributed by atoms with E-state index < -0.39 is 0 Å². The first-order chi connectivity index (χ1) is 9.28. The average molecular weight is 261 g/mol. The number of nitrogens with zero attached hydrogens (tertiary/aromatic N) is 1. The van der Waals surface area contributed by atoms with Crippen LogP contribution in [0.4, 0.5) is 11.5 Å². The minimum Gasteiger partial charge on any atom is -0.373 e. The summed E-state index contributed by atoms with van der Waals surface area (Å²) in [6.07, 6.45) is 9.96. The summed E-state index contributed by atoms with van der Waals surface area (Å²) in [7, 11) is 1.82. The predicted molar refractivity (Wildman–Crippen MR) is 78.2 cm³/mol. The maximum Gasteiger partial charge on any atom is 0.224 e. The number of anilines is 2. The number of nitrogens with one attached hydrogen (secondary N) is 2. The smallest absolute Gasteiger partial charge is 0.224 e. The molecule has 1 saturated carbocycles. The van der Waals surface area contributed by atoms with E-state index in [-0.39, 0.29) is 5.91 Å². The van der Waals surface area contributed by atoms with Crippen molar-refractivity contribution in [2.75, 3.05) is 17.7 Å². The van der Waals surface area contributed by atoms with Crippen molar-refractivity contribution in [2.24, 2.45) is 5.92 Å². The molecule has 1 heterocycles. The van der Waals surface area contributed by atoms with Crippen molar-refractivity contribution in [1.29, 1.82) is 0 Å². The number of amides is 1. The third-order valence-corrected chi connectivity index (χ3v) is 3.79. The van der Waals surface area contributed by atoms with E-state index in [0.29, 0.717) is 6.42 Å². The molecule has 0 bridgehead atoms. The fourth-order valence-electron chi connectivity index (χ4n) is 2.69. The lowest BCUT2D eigenvalue weighted by atomic mass is 10.0. The van der Waals surface area contributed by atoms with Crippen molar-refractivity contribution in [1.82, 2.24) is 4.98 Å². The Morgan fingerprint density at radius 1 is 1.37 bits per heavy atom. The van der Waals surface area contributed by atoms with Crippen LogP contribution in [0.2, 0.25) is 0 Å². The zero-order valence-electron chi connectivity index (χ0n) is 11.6. The van der Waals surface area contributed by atoms with E-state index in [1.54, 1.807) is 6.20 Å². The van der Waals surface area contributed by atoms with Crippen LogP contribution in [0.1, 0.15) is 44.9 Å². The maximum atomic E-state index is 11.8. The molecule has 4 nitrogen and oxygen atoms in total. The van der Waals surface area contributed by atoms with Crippen molar-refractivity contribution in [3.8, 4) is 0 Å². The zero-order valence-corrected chi connectivity index (χ0v) is 11.6. The minimum absolute atomic E-state index is 0.0944. The van der Waals surface area contributed by atoms with E-state index in [0.717, 1.165) is 23.8 Å². The molecule has 0 atom stereocenters. The summed E-state index contributed by atoms with van der Waals surface area (Å²) in [5, 5.41) is 5.84. The first kappa shape index (κ1) is 13.8. The second-order valence-corrected chi connectivity index (χ2v) is 5.27. The van der Waals surface area contributed by atoms with E-state index >= 15 is 0 Å². The maximum absolute atomic E-state index is 11.8. The van der Waals surface area contributed by atoms with Gasteiger partial charge in [-0.3, -0.25) is 4.79 Å². The Hall–Kier alpha value is -1.58. The van der Waals surface area contributed by atoms with Gasteiger partial charge in [-0.05, 0) is 30.9 Å². The lowest BCUT2D eigenvalue weighted by molar-refractivity contribution is -0.116. The molecule has 0 spiro atoms. The Balaban J connectivity index is 1.68. The predicted octanol–water partition coefficient (Wildman–Crippen LogP) is 3.42. The van der Waals surface area contributed by atoms with Gasteiger partial charge in [-0.1, -0.05) is 25.7 Å². The molecule has 19 heavy (non-hydrogen) atoms. The van der Waals surface area contributed by atoms with Crippen LogP contribution in [0.5, 0.6) is 0 Å². The van der Waals surface area contributed by atoms with Gasteiger partial charge in [0.25, 0.3) is 0 Å². The largest absolute Gasteiger partial charge is 0.373 e. The van der Waals surface area contributed by atoms with E-state index in [1.807, 2.05) is 19.2 Å².